The molecule has 1 heterocycles. The van der Waals surface area contributed by atoms with Gasteiger partial charge in [-0.1, -0.05) is 18.2 Å². The molecule has 2 amide bonds. The first kappa shape index (κ1) is 16.9. The maximum Gasteiger partial charge on any atom is 0.326 e. The van der Waals surface area contributed by atoms with Gasteiger partial charge in [0.05, 0.1) is 17.2 Å². The average Bonchev–Trinajstić information content (AvgIpc) is 2.76. The Kier molecular flexibility index (Phi) is 5.28. The van der Waals surface area contributed by atoms with Crippen molar-refractivity contribution in [2.45, 2.75) is 37.8 Å². The van der Waals surface area contributed by atoms with Crippen molar-refractivity contribution in [2.75, 3.05) is 0 Å². The van der Waals surface area contributed by atoms with Crippen LogP contribution in [-0.4, -0.2) is 45.0 Å². The number of carboxylic acids is 1. The minimum atomic E-state index is -1.22. The lowest BCUT2D eigenvalue weighted by molar-refractivity contribution is -0.141. The highest BCUT2D eigenvalue weighted by atomic mass is 16.4. The topological polar surface area (TPSA) is 94.9 Å². The number of fused-ring (bicyclic) bond motifs is 1. The van der Waals surface area contributed by atoms with Gasteiger partial charge in [-0.2, -0.15) is 0 Å². The van der Waals surface area contributed by atoms with Crippen molar-refractivity contribution in [1.29, 1.82) is 0 Å². The Morgan fingerprint density at radius 1 is 1.17 bits per heavy atom. The number of carbonyl (C=O) groups excluding carboxylic acids is 2. The molecular formula is C17H19NO5. The van der Waals surface area contributed by atoms with Gasteiger partial charge in [-0.3, -0.25) is 14.5 Å². The lowest BCUT2D eigenvalue weighted by Gasteiger charge is -2.22. The number of aliphatic hydroxyl groups is 1. The lowest BCUT2D eigenvalue weighted by atomic mass is 10.0. The number of nitrogens with zero attached hydrogens (tertiary/aromatic N) is 1. The summed E-state index contributed by atoms with van der Waals surface area (Å²) in [6, 6.07) is 5.08. The van der Waals surface area contributed by atoms with E-state index in [-0.39, 0.29) is 17.5 Å². The number of benzene rings is 1. The second-order valence-electron chi connectivity index (χ2n) is 5.49. The highest BCUT2D eigenvalue weighted by Gasteiger charge is 2.42. The van der Waals surface area contributed by atoms with E-state index in [1.807, 2.05) is 0 Å². The monoisotopic (exact) mass is 317 g/mol. The maximum absolute atomic E-state index is 12.3. The van der Waals surface area contributed by atoms with Crippen LogP contribution in [0.4, 0.5) is 0 Å². The van der Waals surface area contributed by atoms with E-state index in [1.54, 1.807) is 18.2 Å². The molecule has 2 N–H and O–H groups in total. The van der Waals surface area contributed by atoms with Crippen LogP contribution in [0.25, 0.3) is 0 Å². The van der Waals surface area contributed by atoms with Gasteiger partial charge < -0.3 is 10.2 Å². The van der Waals surface area contributed by atoms with E-state index in [0.717, 1.165) is 4.90 Å². The Morgan fingerprint density at radius 3 is 2.22 bits per heavy atom. The predicted molar refractivity (Wildman–Crippen MR) is 83.0 cm³/mol. The number of amides is 2. The number of carboxylic acid groups (broad SMARTS) is 1. The van der Waals surface area contributed by atoms with Gasteiger partial charge >= 0.3 is 5.97 Å². The number of aliphatic hydroxyl groups excluding tert-OH is 1. The van der Waals surface area contributed by atoms with Crippen LogP contribution in [0, 0.1) is 0 Å². The van der Waals surface area contributed by atoms with Crippen molar-refractivity contribution in [3.63, 3.8) is 0 Å². The number of rotatable bonds is 8. The summed E-state index contributed by atoms with van der Waals surface area (Å²) in [5, 5.41) is 19.0. The van der Waals surface area contributed by atoms with Gasteiger partial charge in [-0.15, -0.1) is 6.58 Å². The highest BCUT2D eigenvalue weighted by Crippen LogP contribution is 2.26. The summed E-state index contributed by atoms with van der Waals surface area (Å²) in [5.74, 6) is -2.38. The zero-order valence-electron chi connectivity index (χ0n) is 12.6. The van der Waals surface area contributed by atoms with Gasteiger partial charge in [0.2, 0.25) is 0 Å². The van der Waals surface area contributed by atoms with Crippen LogP contribution in [0.2, 0.25) is 0 Å². The summed E-state index contributed by atoms with van der Waals surface area (Å²) < 4.78 is 0. The Hall–Kier alpha value is -2.47. The molecule has 0 radical (unpaired) electrons. The van der Waals surface area contributed by atoms with Crippen LogP contribution in [0.1, 0.15) is 46.4 Å². The van der Waals surface area contributed by atoms with Gasteiger partial charge in [-0.05, 0) is 37.8 Å². The molecule has 23 heavy (non-hydrogen) atoms. The molecule has 2 atom stereocenters. The number of carbonyl (C=O) groups is 3. The fourth-order valence-corrected chi connectivity index (χ4v) is 2.71. The zero-order valence-corrected chi connectivity index (χ0v) is 12.6. The first-order valence-corrected chi connectivity index (χ1v) is 7.46. The molecule has 1 aliphatic heterocycles. The van der Waals surface area contributed by atoms with Gasteiger partial charge in [0.1, 0.15) is 6.04 Å². The molecule has 6 heteroatoms. The van der Waals surface area contributed by atoms with Crippen molar-refractivity contribution >= 4 is 17.8 Å². The largest absolute Gasteiger partial charge is 0.480 e. The minimum Gasteiger partial charge on any atom is -0.480 e. The quantitative estimate of drug-likeness (QED) is 0.563. The zero-order chi connectivity index (χ0) is 17.0. The Balaban J connectivity index is 2.10. The molecule has 1 aromatic rings. The molecule has 0 saturated carbocycles. The van der Waals surface area contributed by atoms with Gasteiger partial charge in [-0.25, -0.2) is 4.79 Å². The van der Waals surface area contributed by atoms with Crippen LogP contribution in [-0.2, 0) is 4.79 Å². The van der Waals surface area contributed by atoms with Crippen molar-refractivity contribution in [2.24, 2.45) is 0 Å². The molecule has 1 aliphatic rings. The highest BCUT2D eigenvalue weighted by molar-refractivity contribution is 6.22. The molecule has 0 bridgehead atoms. The van der Waals surface area contributed by atoms with E-state index in [0.29, 0.717) is 19.3 Å². The maximum atomic E-state index is 12.3. The van der Waals surface area contributed by atoms with Crippen LogP contribution in [0.15, 0.2) is 36.9 Å². The molecule has 122 valence electrons. The first-order chi connectivity index (χ1) is 11.0. The predicted octanol–water partition coefficient (Wildman–Crippen LogP) is 1.84. The summed E-state index contributed by atoms with van der Waals surface area (Å²) >= 11 is 0. The van der Waals surface area contributed by atoms with Crippen LogP contribution in [0.5, 0.6) is 0 Å². The summed E-state index contributed by atoms with van der Waals surface area (Å²) in [6.07, 6.45) is 2.30. The summed E-state index contributed by atoms with van der Waals surface area (Å²) in [6.45, 7) is 3.53. The molecule has 1 unspecified atom stereocenters. The normalized spacial score (nSPS) is 16.1. The van der Waals surface area contributed by atoms with E-state index < -0.39 is 29.9 Å². The van der Waals surface area contributed by atoms with Crippen molar-refractivity contribution in [3.05, 3.63) is 48.0 Å². The van der Waals surface area contributed by atoms with Gasteiger partial charge in [0.25, 0.3) is 11.8 Å². The van der Waals surface area contributed by atoms with Crippen molar-refractivity contribution in [3.8, 4) is 0 Å². The van der Waals surface area contributed by atoms with Gasteiger partial charge in [0, 0.05) is 0 Å². The number of imide groups is 1. The van der Waals surface area contributed by atoms with E-state index in [4.69, 9.17) is 0 Å². The van der Waals surface area contributed by atoms with Crippen LogP contribution in [0.3, 0.4) is 0 Å². The summed E-state index contributed by atoms with van der Waals surface area (Å²) in [7, 11) is 0. The molecule has 2 rings (SSSR count). The first-order valence-electron chi connectivity index (χ1n) is 7.46. The third-order valence-corrected chi connectivity index (χ3v) is 3.88. The third-order valence-electron chi connectivity index (χ3n) is 3.88. The van der Waals surface area contributed by atoms with Crippen LogP contribution >= 0.6 is 0 Å². The molecule has 0 aromatic heterocycles. The molecular weight excluding hydrogens is 298 g/mol. The van der Waals surface area contributed by atoms with Crippen molar-refractivity contribution in [1.82, 2.24) is 4.90 Å². The van der Waals surface area contributed by atoms with E-state index in [9.17, 15) is 24.6 Å². The van der Waals surface area contributed by atoms with Gasteiger partial charge in [0.15, 0.2) is 0 Å². The summed E-state index contributed by atoms with van der Waals surface area (Å²) in [5.41, 5.74) is 0.464. The number of aliphatic carboxylic acids is 1. The minimum absolute atomic E-state index is 0.106. The second kappa shape index (κ2) is 7.19. The Bertz CT molecular complexity index is 605. The third kappa shape index (κ3) is 3.48. The second-order valence-corrected chi connectivity index (χ2v) is 5.49. The fourth-order valence-electron chi connectivity index (χ4n) is 2.71. The van der Waals surface area contributed by atoms with Crippen molar-refractivity contribution < 1.29 is 24.6 Å². The number of hydrogen-bond donors (Lipinski definition) is 2. The number of hydrogen-bond acceptors (Lipinski definition) is 4. The standard InChI is InChI=1S/C17H19NO5/c1-2-6-11(19)7-5-10-14(17(22)23)18-15(20)12-8-3-4-9-13(12)16(18)21/h2-4,8-9,11,14,19H,1,5-7,10H2,(H,22,23)/t11?,14-/m0/s1. The van der Waals surface area contributed by atoms with E-state index in [2.05, 4.69) is 6.58 Å². The van der Waals surface area contributed by atoms with Crippen LogP contribution < -0.4 is 0 Å². The van der Waals surface area contributed by atoms with E-state index in [1.165, 1.54) is 12.1 Å². The lowest BCUT2D eigenvalue weighted by Crippen LogP contribution is -2.44. The smallest absolute Gasteiger partial charge is 0.326 e. The molecule has 1 aromatic carbocycles. The molecule has 0 spiro atoms. The fraction of sp³-hybridized carbons (Fsp3) is 0.353. The summed E-state index contributed by atoms with van der Waals surface area (Å²) in [4.78, 5) is 37.0. The molecule has 0 aliphatic carbocycles. The SMILES string of the molecule is C=CCC(O)CCC[C@@H](C(=O)O)N1C(=O)c2ccccc2C1=O. The average molecular weight is 317 g/mol. The Morgan fingerprint density at radius 2 is 1.74 bits per heavy atom. The molecule has 0 saturated heterocycles. The van der Waals surface area contributed by atoms with E-state index >= 15 is 0 Å². The molecule has 6 nitrogen and oxygen atoms in total. The Labute approximate surface area is 134 Å². The molecule has 0 fully saturated rings.